The van der Waals surface area contributed by atoms with Gasteiger partial charge in [-0.05, 0) is 48.0 Å². The predicted molar refractivity (Wildman–Crippen MR) is 126 cm³/mol. The molecule has 0 bridgehead atoms. The number of phenols is 1. The number of esters is 1. The average molecular weight is 501 g/mol. The highest BCUT2D eigenvalue weighted by Crippen LogP contribution is 2.33. The smallest absolute Gasteiger partial charge is 0.326 e. The molecular formula is C24H21ClN2O6S. The Labute approximate surface area is 202 Å². The molecule has 3 aromatic carbocycles. The molecule has 10 heteroatoms. The van der Waals surface area contributed by atoms with Crippen molar-refractivity contribution in [1.29, 1.82) is 0 Å². The molecule has 0 aliphatic carbocycles. The number of amides is 1. The quantitative estimate of drug-likeness (QED) is 0.550. The van der Waals surface area contributed by atoms with E-state index in [4.69, 9.17) is 16.3 Å². The molecule has 1 N–H and O–H groups in total. The van der Waals surface area contributed by atoms with Crippen molar-refractivity contribution in [1.82, 2.24) is 4.31 Å². The van der Waals surface area contributed by atoms with Crippen LogP contribution in [0.25, 0.3) is 0 Å². The van der Waals surface area contributed by atoms with Gasteiger partial charge in [-0.1, -0.05) is 41.9 Å². The number of aromatic hydroxyl groups is 1. The van der Waals surface area contributed by atoms with Crippen molar-refractivity contribution in [3.8, 4) is 5.75 Å². The summed E-state index contributed by atoms with van der Waals surface area (Å²) in [7, 11) is -3.06. The maximum atomic E-state index is 13.6. The van der Waals surface area contributed by atoms with Crippen molar-refractivity contribution < 1.29 is 27.9 Å². The molecular weight excluding hydrogens is 480 g/mol. The maximum absolute atomic E-state index is 13.6. The fourth-order valence-corrected chi connectivity index (χ4v) is 5.62. The van der Waals surface area contributed by atoms with Gasteiger partial charge in [-0.25, -0.2) is 8.42 Å². The van der Waals surface area contributed by atoms with Gasteiger partial charge in [-0.3, -0.25) is 9.59 Å². The molecule has 34 heavy (non-hydrogen) atoms. The topological polar surface area (TPSA) is 104 Å². The monoisotopic (exact) mass is 500 g/mol. The largest absolute Gasteiger partial charge is 0.508 e. The van der Waals surface area contributed by atoms with Crippen LogP contribution in [0.15, 0.2) is 77.7 Å². The first-order chi connectivity index (χ1) is 16.2. The molecule has 1 amide bonds. The molecule has 1 unspecified atom stereocenters. The second-order valence-electron chi connectivity index (χ2n) is 7.61. The number of carbonyl (C=O) groups is 2. The Morgan fingerprint density at radius 2 is 1.65 bits per heavy atom. The van der Waals surface area contributed by atoms with Crippen molar-refractivity contribution >= 4 is 39.2 Å². The van der Waals surface area contributed by atoms with Crippen molar-refractivity contribution in [2.24, 2.45) is 0 Å². The minimum atomic E-state index is -4.21. The van der Waals surface area contributed by atoms with Crippen LogP contribution in [-0.4, -0.2) is 49.4 Å². The van der Waals surface area contributed by atoms with Gasteiger partial charge in [0.1, 0.15) is 11.8 Å². The normalized spacial score (nSPS) is 16.4. The van der Waals surface area contributed by atoms with E-state index in [-0.39, 0.29) is 34.3 Å². The first-order valence-electron chi connectivity index (χ1n) is 10.3. The van der Waals surface area contributed by atoms with Crippen LogP contribution in [-0.2, 0) is 26.1 Å². The Morgan fingerprint density at radius 1 is 1.00 bits per heavy atom. The zero-order valence-corrected chi connectivity index (χ0v) is 19.7. The van der Waals surface area contributed by atoms with Gasteiger partial charge in [0.2, 0.25) is 10.0 Å². The van der Waals surface area contributed by atoms with E-state index in [2.05, 4.69) is 0 Å². The number of rotatable bonds is 4. The Hall–Kier alpha value is -3.40. The zero-order chi connectivity index (χ0) is 24.5. The van der Waals surface area contributed by atoms with Gasteiger partial charge in [-0.15, -0.1) is 0 Å². The highest BCUT2D eigenvalue weighted by molar-refractivity contribution is 7.89. The number of sulfonamides is 1. The van der Waals surface area contributed by atoms with Gasteiger partial charge >= 0.3 is 5.97 Å². The van der Waals surface area contributed by atoms with Gasteiger partial charge in [0, 0.05) is 12.2 Å². The average Bonchev–Trinajstić information content (AvgIpc) is 3.01. The third-order valence-corrected chi connectivity index (χ3v) is 7.78. The highest BCUT2D eigenvalue weighted by atomic mass is 35.5. The number of phenolic OH excluding ortho intramolecular Hbond substituents is 1. The van der Waals surface area contributed by atoms with E-state index in [1.54, 1.807) is 48.5 Å². The molecule has 0 radical (unpaired) electrons. The molecule has 0 aromatic heterocycles. The second-order valence-corrected chi connectivity index (χ2v) is 9.91. The summed E-state index contributed by atoms with van der Waals surface area (Å²) >= 11 is 6.26. The van der Waals surface area contributed by atoms with Gasteiger partial charge in [-0.2, -0.15) is 4.31 Å². The number of para-hydroxylation sites is 1. The number of carbonyl (C=O) groups excluding carboxylic acids is 2. The van der Waals surface area contributed by atoms with Crippen LogP contribution >= 0.6 is 11.6 Å². The van der Waals surface area contributed by atoms with Gasteiger partial charge in [0.25, 0.3) is 5.91 Å². The van der Waals surface area contributed by atoms with E-state index in [9.17, 15) is 23.1 Å². The summed E-state index contributed by atoms with van der Waals surface area (Å²) in [5.74, 6) is -1.39. The highest BCUT2D eigenvalue weighted by Gasteiger charge is 2.42. The molecule has 3 aromatic rings. The number of methoxy groups -OCH3 is 1. The molecule has 8 nitrogen and oxygen atoms in total. The van der Waals surface area contributed by atoms with Crippen LogP contribution in [0.2, 0.25) is 5.02 Å². The van der Waals surface area contributed by atoms with E-state index in [0.717, 1.165) is 11.4 Å². The number of nitrogens with zero attached hydrogens (tertiary/aromatic N) is 2. The van der Waals surface area contributed by atoms with Crippen LogP contribution in [0.3, 0.4) is 0 Å². The number of benzene rings is 3. The van der Waals surface area contributed by atoms with Crippen LogP contribution in [0.5, 0.6) is 5.75 Å². The summed E-state index contributed by atoms with van der Waals surface area (Å²) in [5, 5.41) is 9.81. The third kappa shape index (κ3) is 4.37. The van der Waals surface area contributed by atoms with Gasteiger partial charge in [0.05, 0.1) is 29.1 Å². The van der Waals surface area contributed by atoms with Gasteiger partial charge < -0.3 is 14.7 Å². The summed E-state index contributed by atoms with van der Waals surface area (Å²) in [4.78, 5) is 27.6. The Kier molecular flexibility index (Phi) is 6.60. The minimum absolute atomic E-state index is 0.0961. The molecule has 0 spiro atoms. The van der Waals surface area contributed by atoms with Gasteiger partial charge in [0.15, 0.2) is 0 Å². The third-order valence-electron chi connectivity index (χ3n) is 5.58. The summed E-state index contributed by atoms with van der Waals surface area (Å²) < 4.78 is 33.2. The molecule has 0 fully saturated rings. The molecule has 1 atom stereocenters. The number of anilines is 1. The van der Waals surface area contributed by atoms with Crippen LogP contribution in [0.4, 0.5) is 5.69 Å². The molecule has 1 aliphatic heterocycles. The van der Waals surface area contributed by atoms with Crippen molar-refractivity contribution in [2.75, 3.05) is 18.6 Å². The number of hydrogen-bond donors (Lipinski definition) is 1. The van der Waals surface area contributed by atoms with Crippen molar-refractivity contribution in [2.45, 2.75) is 17.5 Å². The fraction of sp³-hybridized carbons (Fsp3) is 0.167. The number of fused-ring (bicyclic) bond motifs is 1. The minimum Gasteiger partial charge on any atom is -0.508 e. The van der Waals surface area contributed by atoms with Crippen molar-refractivity contribution in [3.63, 3.8) is 0 Å². The predicted octanol–water partition coefficient (Wildman–Crippen LogP) is 3.44. The first kappa shape index (κ1) is 23.7. The molecule has 176 valence electrons. The maximum Gasteiger partial charge on any atom is 0.326 e. The summed E-state index contributed by atoms with van der Waals surface area (Å²) in [6.45, 7) is -0.462. The van der Waals surface area contributed by atoms with Crippen LogP contribution in [0, 0.1) is 0 Å². The number of halogens is 1. The lowest BCUT2D eigenvalue weighted by Gasteiger charge is -2.29. The number of ether oxygens (including phenoxy) is 1. The van der Waals surface area contributed by atoms with E-state index in [0.29, 0.717) is 11.3 Å². The lowest BCUT2D eigenvalue weighted by Crippen LogP contribution is -2.50. The standard InChI is InChI=1S/C24H21ClN2O6S/c1-33-24(30)22-15-26(23(29)19-7-3-4-8-20(19)25)21-9-5-2-6-16(21)14-27(22)34(31,32)18-12-10-17(28)11-13-18/h2-13,22,28H,14-15H2,1H3. The van der Waals surface area contributed by atoms with Crippen molar-refractivity contribution in [3.05, 3.63) is 88.9 Å². The Bertz CT molecular complexity index is 1340. The summed E-state index contributed by atoms with van der Waals surface area (Å²) in [5.41, 5.74) is 1.21. The van der Waals surface area contributed by atoms with Crippen LogP contribution < -0.4 is 4.90 Å². The molecule has 1 heterocycles. The molecule has 0 saturated carbocycles. The summed E-state index contributed by atoms with van der Waals surface area (Å²) in [6.07, 6.45) is 0. The first-order valence-corrected chi connectivity index (χ1v) is 12.1. The lowest BCUT2D eigenvalue weighted by atomic mass is 10.1. The fourth-order valence-electron chi connectivity index (χ4n) is 3.85. The summed E-state index contributed by atoms with van der Waals surface area (Å²) in [6, 6.07) is 17.0. The van der Waals surface area contributed by atoms with Crippen LogP contribution in [0.1, 0.15) is 15.9 Å². The van der Waals surface area contributed by atoms with E-state index >= 15 is 0 Å². The van der Waals surface area contributed by atoms with E-state index in [1.807, 2.05) is 0 Å². The molecule has 0 saturated heterocycles. The van der Waals surface area contributed by atoms with E-state index in [1.165, 1.54) is 29.2 Å². The molecule has 1 aliphatic rings. The molecule has 4 rings (SSSR count). The Balaban J connectivity index is 1.86. The SMILES string of the molecule is COC(=O)C1CN(C(=O)c2ccccc2Cl)c2ccccc2CN1S(=O)(=O)c1ccc(O)cc1. The van der Waals surface area contributed by atoms with E-state index < -0.39 is 27.9 Å². The lowest BCUT2D eigenvalue weighted by molar-refractivity contribution is -0.144. The number of hydrogen-bond acceptors (Lipinski definition) is 6. The Morgan fingerprint density at radius 3 is 2.32 bits per heavy atom. The second kappa shape index (κ2) is 9.46. The zero-order valence-electron chi connectivity index (χ0n) is 18.1.